The fourth-order valence-electron chi connectivity index (χ4n) is 8.40. The van der Waals surface area contributed by atoms with Crippen molar-refractivity contribution in [3.8, 4) is 45.1 Å². The number of fused-ring (bicyclic) bond motifs is 10. The maximum Gasteiger partial charge on any atom is 0.231 e. The molecule has 5 nitrogen and oxygen atoms in total. The van der Waals surface area contributed by atoms with E-state index in [4.69, 9.17) is 14.4 Å². The summed E-state index contributed by atoms with van der Waals surface area (Å²) in [4.78, 5) is 12.8. The van der Waals surface area contributed by atoms with Crippen LogP contribution in [0.2, 0.25) is 0 Å². The number of para-hydroxylation sites is 4. The fraction of sp³-hybridized carbons (Fsp3) is 0. The first-order valence-electron chi connectivity index (χ1n) is 18.1. The van der Waals surface area contributed by atoms with E-state index in [1.165, 1.54) is 37.7 Å². The van der Waals surface area contributed by atoms with Crippen molar-refractivity contribution in [1.82, 2.24) is 19.1 Å². The molecule has 54 heavy (non-hydrogen) atoms. The standard InChI is InChI=1S/C48H28N4OS/c1-3-13-29(14-4-1)30-15-11-16-31(27-30)44-43-35-20-8-10-23-39(35)53-47(43)50-46(49-44)32-25-26-38-41(28-32)54-40-24-12-21-36-42-34-19-7-9-22-37(34)51(33-17-5-2-6-18-33)48(42)52(38)45(36)40/h1-28H. The van der Waals surface area contributed by atoms with E-state index in [-0.39, 0.29) is 0 Å². The lowest BCUT2D eigenvalue weighted by atomic mass is 9.99. The van der Waals surface area contributed by atoms with Crippen LogP contribution in [0.1, 0.15) is 0 Å². The van der Waals surface area contributed by atoms with Gasteiger partial charge >= 0.3 is 0 Å². The molecule has 6 heteroatoms. The zero-order valence-corrected chi connectivity index (χ0v) is 29.6. The minimum atomic E-state index is 0.582. The number of hydrogen-bond acceptors (Lipinski definition) is 4. The molecular formula is C48H28N4OS. The second-order valence-corrected chi connectivity index (χ2v) is 14.9. The van der Waals surface area contributed by atoms with Gasteiger partial charge in [0.15, 0.2) is 5.82 Å². The lowest BCUT2D eigenvalue weighted by molar-refractivity contribution is 0.653. The summed E-state index contributed by atoms with van der Waals surface area (Å²) in [5.41, 5.74) is 12.4. The molecule has 5 heterocycles. The van der Waals surface area contributed by atoms with Crippen LogP contribution in [0.5, 0.6) is 0 Å². The van der Waals surface area contributed by atoms with Gasteiger partial charge in [0.25, 0.3) is 0 Å². The topological polar surface area (TPSA) is 48.8 Å². The summed E-state index contributed by atoms with van der Waals surface area (Å²) in [6.07, 6.45) is 0. The molecule has 0 spiro atoms. The zero-order chi connectivity index (χ0) is 35.3. The predicted octanol–water partition coefficient (Wildman–Crippen LogP) is 12.9. The molecule has 1 aliphatic heterocycles. The highest BCUT2D eigenvalue weighted by Crippen LogP contribution is 2.50. The largest absolute Gasteiger partial charge is 0.438 e. The maximum absolute atomic E-state index is 6.45. The molecule has 0 saturated heterocycles. The second-order valence-electron chi connectivity index (χ2n) is 13.8. The molecule has 252 valence electrons. The van der Waals surface area contributed by atoms with E-state index >= 15 is 0 Å². The van der Waals surface area contributed by atoms with E-state index < -0.39 is 0 Å². The highest BCUT2D eigenvalue weighted by atomic mass is 32.2. The molecule has 0 radical (unpaired) electrons. The van der Waals surface area contributed by atoms with Gasteiger partial charge < -0.3 is 4.42 Å². The lowest BCUT2D eigenvalue weighted by Crippen LogP contribution is -2.06. The average Bonchev–Trinajstić information content (AvgIpc) is 3.90. The molecule has 11 aromatic rings. The first-order chi connectivity index (χ1) is 26.8. The Morgan fingerprint density at radius 1 is 0.481 bits per heavy atom. The summed E-state index contributed by atoms with van der Waals surface area (Å²) in [6.45, 7) is 0. The number of benzene rings is 7. The minimum absolute atomic E-state index is 0.582. The summed E-state index contributed by atoms with van der Waals surface area (Å²) < 4.78 is 11.3. The monoisotopic (exact) mass is 708 g/mol. The van der Waals surface area contributed by atoms with Crippen LogP contribution in [-0.2, 0) is 0 Å². The van der Waals surface area contributed by atoms with Gasteiger partial charge in [-0.3, -0.25) is 9.13 Å². The summed E-state index contributed by atoms with van der Waals surface area (Å²) in [6, 6.07) is 60.0. The highest BCUT2D eigenvalue weighted by molar-refractivity contribution is 7.99. The molecule has 4 aromatic heterocycles. The van der Waals surface area contributed by atoms with E-state index in [1.54, 1.807) is 0 Å². The van der Waals surface area contributed by atoms with Crippen molar-refractivity contribution in [1.29, 1.82) is 0 Å². The van der Waals surface area contributed by atoms with Crippen molar-refractivity contribution in [3.63, 3.8) is 0 Å². The Hall–Kier alpha value is -6.89. The Kier molecular flexibility index (Phi) is 6.21. The quantitative estimate of drug-likeness (QED) is 0.183. The van der Waals surface area contributed by atoms with Crippen LogP contribution in [0.15, 0.2) is 184 Å². The van der Waals surface area contributed by atoms with Gasteiger partial charge in [0, 0.05) is 48.2 Å². The Labute approximate surface area is 313 Å². The van der Waals surface area contributed by atoms with Crippen LogP contribution >= 0.6 is 11.8 Å². The molecule has 0 saturated carbocycles. The van der Waals surface area contributed by atoms with E-state index in [2.05, 4.69) is 155 Å². The van der Waals surface area contributed by atoms with Gasteiger partial charge in [0.05, 0.1) is 27.8 Å². The van der Waals surface area contributed by atoms with E-state index in [9.17, 15) is 0 Å². The first kappa shape index (κ1) is 29.7. The van der Waals surface area contributed by atoms with Crippen molar-refractivity contribution in [3.05, 3.63) is 170 Å². The molecule has 0 unspecified atom stereocenters. The Balaban J connectivity index is 1.09. The van der Waals surface area contributed by atoms with Crippen molar-refractivity contribution in [2.24, 2.45) is 0 Å². The molecule has 7 aromatic carbocycles. The summed E-state index contributed by atoms with van der Waals surface area (Å²) in [7, 11) is 0. The van der Waals surface area contributed by atoms with Crippen LogP contribution in [0, 0.1) is 0 Å². The molecule has 1 aliphatic rings. The molecule has 0 atom stereocenters. The maximum atomic E-state index is 6.45. The Bertz CT molecular complexity index is 3300. The second kappa shape index (κ2) is 11.3. The molecule has 0 N–H and O–H groups in total. The number of rotatable bonds is 4. The van der Waals surface area contributed by atoms with Crippen molar-refractivity contribution >= 4 is 66.7 Å². The van der Waals surface area contributed by atoms with Crippen LogP contribution in [0.25, 0.3) is 100 Å². The van der Waals surface area contributed by atoms with Gasteiger partial charge in [0.2, 0.25) is 5.71 Å². The lowest BCUT2D eigenvalue weighted by Gasteiger charge is -2.21. The first-order valence-corrected chi connectivity index (χ1v) is 18.9. The zero-order valence-electron chi connectivity index (χ0n) is 28.8. The molecule has 0 bridgehead atoms. The third-order valence-corrected chi connectivity index (χ3v) is 11.8. The molecule has 0 amide bonds. The van der Waals surface area contributed by atoms with E-state index in [1.807, 2.05) is 36.0 Å². The normalized spacial score (nSPS) is 12.4. The van der Waals surface area contributed by atoms with Gasteiger partial charge in [0.1, 0.15) is 11.2 Å². The van der Waals surface area contributed by atoms with E-state index in [0.717, 1.165) is 60.6 Å². The van der Waals surface area contributed by atoms with Crippen LogP contribution < -0.4 is 0 Å². The van der Waals surface area contributed by atoms with E-state index in [0.29, 0.717) is 11.5 Å². The van der Waals surface area contributed by atoms with Crippen molar-refractivity contribution in [2.45, 2.75) is 9.79 Å². The third-order valence-electron chi connectivity index (χ3n) is 10.7. The van der Waals surface area contributed by atoms with Gasteiger partial charge in [-0.25, -0.2) is 4.98 Å². The molecule has 12 rings (SSSR count). The molecule has 0 fully saturated rings. The number of nitrogens with zero attached hydrogens (tertiary/aromatic N) is 4. The molecular weight excluding hydrogens is 681 g/mol. The van der Waals surface area contributed by atoms with Crippen LogP contribution in [-0.4, -0.2) is 19.1 Å². The molecule has 0 aliphatic carbocycles. The van der Waals surface area contributed by atoms with Crippen molar-refractivity contribution in [2.75, 3.05) is 0 Å². The fourth-order valence-corrected chi connectivity index (χ4v) is 9.53. The average molecular weight is 709 g/mol. The summed E-state index contributed by atoms with van der Waals surface area (Å²) in [5.74, 6) is 0.630. The Morgan fingerprint density at radius 2 is 1.20 bits per heavy atom. The minimum Gasteiger partial charge on any atom is -0.438 e. The van der Waals surface area contributed by atoms with Crippen molar-refractivity contribution < 1.29 is 4.42 Å². The highest BCUT2D eigenvalue weighted by Gasteiger charge is 2.28. The number of aromatic nitrogens is 4. The van der Waals surface area contributed by atoms with Gasteiger partial charge in [-0.1, -0.05) is 127 Å². The van der Waals surface area contributed by atoms with Gasteiger partial charge in [-0.15, -0.1) is 0 Å². The summed E-state index contributed by atoms with van der Waals surface area (Å²) in [5, 5.41) is 5.71. The number of hydrogen-bond donors (Lipinski definition) is 0. The number of furan rings is 1. The summed E-state index contributed by atoms with van der Waals surface area (Å²) >= 11 is 1.81. The smallest absolute Gasteiger partial charge is 0.231 e. The van der Waals surface area contributed by atoms with Crippen LogP contribution in [0.4, 0.5) is 0 Å². The third kappa shape index (κ3) is 4.23. The SMILES string of the molecule is c1ccc(-c2cccc(-c3nc(-c4ccc5c(c4)Sc4cccc6c7c8ccccc8n(-c8ccccc8)c7n-5c46)nc4oc5ccccc5c34)c2)cc1. The van der Waals surface area contributed by atoms with Gasteiger partial charge in [-0.2, -0.15) is 4.98 Å². The van der Waals surface area contributed by atoms with Crippen LogP contribution in [0.3, 0.4) is 0 Å². The Morgan fingerprint density at radius 3 is 2.09 bits per heavy atom. The van der Waals surface area contributed by atoms with Gasteiger partial charge in [-0.05, 0) is 65.7 Å². The predicted molar refractivity (Wildman–Crippen MR) is 221 cm³/mol.